The van der Waals surface area contributed by atoms with E-state index in [2.05, 4.69) is 16.8 Å². The number of nitrogens with two attached hydrogens (primary N) is 1. The van der Waals surface area contributed by atoms with Gasteiger partial charge >= 0.3 is 0 Å². The molecule has 1 aliphatic heterocycles. The van der Waals surface area contributed by atoms with Gasteiger partial charge in [0.05, 0.1) is 13.2 Å². The highest BCUT2D eigenvalue weighted by Gasteiger charge is 2.16. The molecular formula is C14H29N3O2. The first-order valence-electron chi connectivity index (χ1n) is 7.35. The second kappa shape index (κ2) is 10.0. The van der Waals surface area contributed by atoms with Gasteiger partial charge in [-0.15, -0.1) is 0 Å². The Balaban J connectivity index is 2.01. The monoisotopic (exact) mass is 271 g/mol. The first kappa shape index (κ1) is 16.2. The van der Waals surface area contributed by atoms with Gasteiger partial charge in [-0.25, -0.2) is 0 Å². The van der Waals surface area contributed by atoms with Gasteiger partial charge in [-0.1, -0.05) is 6.92 Å². The number of likely N-dealkylation sites (tertiary alicyclic amines) is 1. The maximum atomic E-state index is 6.00. The second-order valence-corrected chi connectivity index (χ2v) is 5.22. The van der Waals surface area contributed by atoms with Crippen molar-refractivity contribution in [2.75, 3.05) is 46.6 Å². The molecular weight excluding hydrogens is 242 g/mol. The maximum Gasteiger partial charge on any atom is 0.191 e. The van der Waals surface area contributed by atoms with Gasteiger partial charge in [-0.2, -0.15) is 0 Å². The van der Waals surface area contributed by atoms with Crippen molar-refractivity contribution in [2.45, 2.75) is 32.6 Å². The fourth-order valence-electron chi connectivity index (χ4n) is 2.09. The lowest BCUT2D eigenvalue weighted by molar-refractivity contribution is 0.0690. The Morgan fingerprint density at radius 3 is 2.63 bits per heavy atom. The molecule has 5 heteroatoms. The summed E-state index contributed by atoms with van der Waals surface area (Å²) in [6, 6.07) is 0. The molecule has 1 fully saturated rings. The van der Waals surface area contributed by atoms with Crippen LogP contribution in [0.2, 0.25) is 0 Å². The van der Waals surface area contributed by atoms with Gasteiger partial charge < -0.3 is 20.1 Å². The van der Waals surface area contributed by atoms with Crippen LogP contribution < -0.4 is 5.73 Å². The Labute approximate surface area is 117 Å². The van der Waals surface area contributed by atoms with Crippen LogP contribution in [0.3, 0.4) is 0 Å². The predicted molar refractivity (Wildman–Crippen MR) is 78.4 cm³/mol. The molecule has 0 bridgehead atoms. The fraction of sp³-hybridized carbons (Fsp3) is 0.929. The van der Waals surface area contributed by atoms with E-state index in [-0.39, 0.29) is 0 Å². The summed E-state index contributed by atoms with van der Waals surface area (Å²) < 4.78 is 10.3. The molecule has 0 atom stereocenters. The molecule has 0 aliphatic carbocycles. The molecule has 0 radical (unpaired) electrons. The number of guanidine groups is 1. The van der Waals surface area contributed by atoms with Gasteiger partial charge in [-0.05, 0) is 31.6 Å². The fourth-order valence-corrected chi connectivity index (χ4v) is 2.09. The molecule has 0 saturated carbocycles. The molecule has 19 heavy (non-hydrogen) atoms. The highest BCUT2D eigenvalue weighted by Crippen LogP contribution is 2.15. The minimum atomic E-state index is 0.665. The summed E-state index contributed by atoms with van der Waals surface area (Å²) in [5, 5.41) is 0. The van der Waals surface area contributed by atoms with Gasteiger partial charge in [0.2, 0.25) is 0 Å². The van der Waals surface area contributed by atoms with Crippen molar-refractivity contribution in [1.29, 1.82) is 0 Å². The SMILES string of the molecule is COCCOCCCCN=C(N)N1CCC(C)CC1. The molecule has 1 heterocycles. The molecule has 1 aliphatic rings. The molecule has 0 aromatic heterocycles. The van der Waals surface area contributed by atoms with E-state index in [0.717, 1.165) is 45.0 Å². The smallest absolute Gasteiger partial charge is 0.191 e. The molecule has 1 rings (SSSR count). The third kappa shape index (κ3) is 7.38. The van der Waals surface area contributed by atoms with Crippen LogP contribution in [0.1, 0.15) is 32.6 Å². The summed E-state index contributed by atoms with van der Waals surface area (Å²) in [5.41, 5.74) is 6.00. The number of hydrogen-bond acceptors (Lipinski definition) is 3. The molecule has 0 spiro atoms. The van der Waals surface area contributed by atoms with E-state index in [0.29, 0.717) is 19.2 Å². The summed E-state index contributed by atoms with van der Waals surface area (Å²) >= 11 is 0. The maximum absolute atomic E-state index is 6.00. The van der Waals surface area contributed by atoms with Gasteiger partial charge in [0.1, 0.15) is 0 Å². The Kier molecular flexibility index (Phi) is 8.58. The van der Waals surface area contributed by atoms with Crippen molar-refractivity contribution < 1.29 is 9.47 Å². The van der Waals surface area contributed by atoms with Gasteiger partial charge in [-0.3, -0.25) is 4.99 Å². The van der Waals surface area contributed by atoms with Crippen molar-refractivity contribution in [1.82, 2.24) is 4.90 Å². The van der Waals surface area contributed by atoms with Crippen LogP contribution >= 0.6 is 0 Å². The van der Waals surface area contributed by atoms with E-state index in [1.807, 2.05) is 0 Å². The molecule has 5 nitrogen and oxygen atoms in total. The third-order valence-corrected chi connectivity index (χ3v) is 3.51. The van der Waals surface area contributed by atoms with Crippen molar-refractivity contribution in [3.63, 3.8) is 0 Å². The summed E-state index contributed by atoms with van der Waals surface area (Å²) in [5.74, 6) is 1.54. The summed E-state index contributed by atoms with van der Waals surface area (Å²) in [4.78, 5) is 6.65. The minimum Gasteiger partial charge on any atom is -0.382 e. The number of piperidine rings is 1. The summed E-state index contributed by atoms with van der Waals surface area (Å²) in [6.07, 6.45) is 4.50. The van der Waals surface area contributed by atoms with Crippen molar-refractivity contribution >= 4 is 5.96 Å². The zero-order valence-electron chi connectivity index (χ0n) is 12.4. The average Bonchev–Trinajstić information content (AvgIpc) is 2.42. The topological polar surface area (TPSA) is 60.1 Å². The Bertz CT molecular complexity index is 251. The van der Waals surface area contributed by atoms with Gasteiger partial charge in [0.15, 0.2) is 5.96 Å². The molecule has 0 unspecified atom stereocenters. The first-order chi connectivity index (χ1) is 9.24. The normalized spacial score (nSPS) is 18.0. The Hall–Kier alpha value is -0.810. The van der Waals surface area contributed by atoms with E-state index in [9.17, 15) is 0 Å². The summed E-state index contributed by atoms with van der Waals surface area (Å²) in [6.45, 7) is 7.32. The molecule has 0 aromatic rings. The van der Waals surface area contributed by atoms with E-state index in [1.54, 1.807) is 7.11 Å². The van der Waals surface area contributed by atoms with Crippen LogP contribution in [-0.4, -0.2) is 57.4 Å². The van der Waals surface area contributed by atoms with Crippen LogP contribution in [0.4, 0.5) is 0 Å². The standard InChI is InChI=1S/C14H29N3O2/c1-13-5-8-17(9-6-13)14(15)16-7-3-4-10-19-12-11-18-2/h13H,3-12H2,1-2H3,(H2,15,16). The van der Waals surface area contributed by atoms with E-state index < -0.39 is 0 Å². The van der Waals surface area contributed by atoms with E-state index in [1.165, 1.54) is 12.8 Å². The average molecular weight is 271 g/mol. The number of rotatable bonds is 8. The zero-order chi connectivity index (χ0) is 13.9. The minimum absolute atomic E-state index is 0.665. The highest BCUT2D eigenvalue weighted by molar-refractivity contribution is 5.78. The van der Waals surface area contributed by atoms with Gasteiger partial charge in [0, 0.05) is 33.4 Å². The first-order valence-corrected chi connectivity index (χ1v) is 7.35. The molecule has 112 valence electrons. The largest absolute Gasteiger partial charge is 0.382 e. The van der Waals surface area contributed by atoms with Crippen LogP contribution in [0.5, 0.6) is 0 Å². The number of unbranched alkanes of at least 4 members (excludes halogenated alkanes) is 1. The molecule has 0 aromatic carbocycles. The molecule has 1 saturated heterocycles. The predicted octanol–water partition coefficient (Wildman–Crippen LogP) is 1.48. The highest BCUT2D eigenvalue weighted by atomic mass is 16.5. The number of ether oxygens (including phenoxy) is 2. The van der Waals surface area contributed by atoms with Crippen LogP contribution in [0.15, 0.2) is 4.99 Å². The van der Waals surface area contributed by atoms with Crippen molar-refractivity contribution in [2.24, 2.45) is 16.6 Å². The van der Waals surface area contributed by atoms with E-state index in [4.69, 9.17) is 15.2 Å². The quantitative estimate of drug-likeness (QED) is 0.413. The third-order valence-electron chi connectivity index (χ3n) is 3.51. The lowest BCUT2D eigenvalue weighted by atomic mass is 10.00. The lowest BCUT2D eigenvalue weighted by Gasteiger charge is -2.31. The molecule has 0 amide bonds. The lowest BCUT2D eigenvalue weighted by Crippen LogP contribution is -2.42. The van der Waals surface area contributed by atoms with Crippen LogP contribution in [0.25, 0.3) is 0 Å². The van der Waals surface area contributed by atoms with E-state index >= 15 is 0 Å². The Morgan fingerprint density at radius 1 is 1.21 bits per heavy atom. The van der Waals surface area contributed by atoms with Crippen molar-refractivity contribution in [3.8, 4) is 0 Å². The zero-order valence-corrected chi connectivity index (χ0v) is 12.4. The number of nitrogens with zero attached hydrogens (tertiary/aromatic N) is 2. The van der Waals surface area contributed by atoms with Crippen LogP contribution in [0, 0.1) is 5.92 Å². The Morgan fingerprint density at radius 2 is 1.95 bits per heavy atom. The number of hydrogen-bond donors (Lipinski definition) is 1. The number of aliphatic imine (C=N–C) groups is 1. The van der Waals surface area contributed by atoms with Gasteiger partial charge in [0.25, 0.3) is 0 Å². The van der Waals surface area contributed by atoms with Crippen molar-refractivity contribution in [3.05, 3.63) is 0 Å². The summed E-state index contributed by atoms with van der Waals surface area (Å²) in [7, 11) is 1.68. The van der Waals surface area contributed by atoms with Crippen LogP contribution in [-0.2, 0) is 9.47 Å². The number of methoxy groups -OCH3 is 1. The second-order valence-electron chi connectivity index (χ2n) is 5.22. The molecule has 2 N–H and O–H groups in total.